The normalized spacial score (nSPS) is 18.8. The summed E-state index contributed by atoms with van der Waals surface area (Å²) in [5.74, 6) is 0.781. The quantitative estimate of drug-likeness (QED) is 0.306. The summed E-state index contributed by atoms with van der Waals surface area (Å²) in [6.07, 6.45) is 15.1. The fourth-order valence-corrected chi connectivity index (χ4v) is 5.54. The van der Waals surface area contributed by atoms with Crippen molar-refractivity contribution in [1.82, 2.24) is 14.9 Å². The molecule has 0 bridgehead atoms. The van der Waals surface area contributed by atoms with Gasteiger partial charge in [-0.15, -0.1) is 0 Å². The Balaban J connectivity index is 1.40. The summed E-state index contributed by atoms with van der Waals surface area (Å²) >= 11 is 0. The van der Waals surface area contributed by atoms with E-state index in [1.807, 2.05) is 24.8 Å². The van der Waals surface area contributed by atoms with E-state index in [2.05, 4.69) is 111 Å². The van der Waals surface area contributed by atoms with Crippen molar-refractivity contribution in [3.05, 3.63) is 121 Å². The Labute approximate surface area is 210 Å². The van der Waals surface area contributed by atoms with Gasteiger partial charge in [-0.1, -0.05) is 36.4 Å². The number of hydrogen-bond acceptors (Lipinski definition) is 3. The van der Waals surface area contributed by atoms with E-state index in [0.29, 0.717) is 11.8 Å². The molecule has 174 valence electrons. The number of allylic oxidation sites excluding steroid dienone is 1. The molecule has 2 aliphatic rings. The molecule has 0 fully saturated rings. The van der Waals surface area contributed by atoms with Crippen molar-refractivity contribution in [2.45, 2.75) is 18.3 Å². The highest BCUT2D eigenvalue weighted by atomic mass is 15.0. The van der Waals surface area contributed by atoms with Crippen molar-refractivity contribution in [2.75, 3.05) is 6.54 Å². The average Bonchev–Trinajstić information content (AvgIpc) is 3.60. The van der Waals surface area contributed by atoms with Gasteiger partial charge in [-0.25, -0.2) is 0 Å². The van der Waals surface area contributed by atoms with Crippen molar-refractivity contribution in [1.29, 1.82) is 0 Å². The fourth-order valence-electron chi connectivity index (χ4n) is 5.54. The minimum atomic E-state index is 0.370. The summed E-state index contributed by atoms with van der Waals surface area (Å²) in [6.45, 7) is 0.956. The number of aromatic nitrogens is 2. The van der Waals surface area contributed by atoms with Crippen molar-refractivity contribution >= 4 is 28.0 Å². The fraction of sp³-hybridized carbons (Fsp3) is 0.125. The van der Waals surface area contributed by atoms with E-state index in [-0.39, 0.29) is 0 Å². The highest BCUT2D eigenvalue weighted by Gasteiger charge is 2.18. The van der Waals surface area contributed by atoms with E-state index >= 15 is 0 Å². The van der Waals surface area contributed by atoms with Crippen LogP contribution in [0.1, 0.15) is 29.4 Å². The van der Waals surface area contributed by atoms with Crippen molar-refractivity contribution in [3.8, 4) is 16.8 Å². The number of nitrogens with zero attached hydrogens (tertiary/aromatic N) is 3. The van der Waals surface area contributed by atoms with Gasteiger partial charge in [0.1, 0.15) is 0 Å². The van der Waals surface area contributed by atoms with E-state index in [1.165, 1.54) is 49.7 Å². The smallest absolute Gasteiger partial charge is 0.0541 e. The molecular weight excluding hydrogens is 440 g/mol. The molecule has 2 unspecified atom stereocenters. The largest absolute Gasteiger partial charge is 0.390 e. The van der Waals surface area contributed by atoms with Crippen molar-refractivity contribution < 1.29 is 0 Å². The summed E-state index contributed by atoms with van der Waals surface area (Å²) in [7, 11) is 0. The van der Waals surface area contributed by atoms with Gasteiger partial charge in [-0.3, -0.25) is 9.98 Å². The molecule has 2 atom stereocenters. The maximum absolute atomic E-state index is 4.27. The maximum atomic E-state index is 4.27. The average molecular weight is 467 g/mol. The van der Waals surface area contributed by atoms with Gasteiger partial charge in [0.25, 0.3) is 0 Å². The summed E-state index contributed by atoms with van der Waals surface area (Å²) in [5.41, 5.74) is 8.69. The summed E-state index contributed by atoms with van der Waals surface area (Å²) in [4.78, 5) is 8.42. The minimum absolute atomic E-state index is 0.370. The second-order valence-electron chi connectivity index (χ2n) is 9.56. The first-order valence-electron chi connectivity index (χ1n) is 12.5. The zero-order chi connectivity index (χ0) is 23.9. The molecule has 3 aromatic carbocycles. The van der Waals surface area contributed by atoms with Gasteiger partial charge in [0.2, 0.25) is 0 Å². The third kappa shape index (κ3) is 3.54. The van der Waals surface area contributed by atoms with Crippen LogP contribution in [0, 0.1) is 0 Å². The summed E-state index contributed by atoms with van der Waals surface area (Å²) in [5, 5.41) is 5.95. The van der Waals surface area contributed by atoms with Crippen LogP contribution in [-0.4, -0.2) is 22.3 Å². The molecule has 4 heteroatoms. The topological polar surface area (TPSA) is 42.2 Å². The number of pyridine rings is 1. The lowest BCUT2D eigenvalue weighted by Gasteiger charge is -2.13. The Kier molecular flexibility index (Phi) is 5.02. The Bertz CT molecular complexity index is 1660. The lowest BCUT2D eigenvalue weighted by Crippen LogP contribution is -2.06. The van der Waals surface area contributed by atoms with Crippen molar-refractivity contribution in [3.63, 3.8) is 0 Å². The Morgan fingerprint density at radius 1 is 0.722 bits per heavy atom. The molecule has 2 aliphatic heterocycles. The SMILES string of the molecule is C1=CC(c2ccc3c(c2)c2cc(C4C=CNC4)ccc2n3-c2ccc(-c3ccncc3)cc2)CC=N1. The molecule has 1 N–H and O–H groups in total. The molecule has 0 amide bonds. The number of benzene rings is 3. The zero-order valence-electron chi connectivity index (χ0n) is 19.9. The molecule has 0 spiro atoms. The van der Waals surface area contributed by atoms with Crippen LogP contribution < -0.4 is 5.32 Å². The molecule has 0 radical (unpaired) electrons. The third-order valence-electron chi connectivity index (χ3n) is 7.46. The van der Waals surface area contributed by atoms with E-state index in [4.69, 9.17) is 0 Å². The van der Waals surface area contributed by atoms with E-state index < -0.39 is 0 Å². The second-order valence-corrected chi connectivity index (χ2v) is 9.56. The molecule has 36 heavy (non-hydrogen) atoms. The molecule has 0 saturated heterocycles. The highest BCUT2D eigenvalue weighted by Crippen LogP contribution is 2.37. The molecular formula is C32H26N4. The Morgan fingerprint density at radius 3 is 2.06 bits per heavy atom. The molecule has 5 aromatic rings. The first-order valence-corrected chi connectivity index (χ1v) is 12.5. The summed E-state index contributed by atoms with van der Waals surface area (Å²) < 4.78 is 2.40. The lowest BCUT2D eigenvalue weighted by atomic mass is 9.93. The first-order chi connectivity index (χ1) is 17.8. The zero-order valence-corrected chi connectivity index (χ0v) is 19.9. The van der Waals surface area contributed by atoms with Crippen LogP contribution in [0.4, 0.5) is 0 Å². The Morgan fingerprint density at radius 2 is 1.42 bits per heavy atom. The van der Waals surface area contributed by atoms with Crippen LogP contribution in [0.25, 0.3) is 38.6 Å². The van der Waals surface area contributed by atoms with E-state index in [1.54, 1.807) is 0 Å². The van der Waals surface area contributed by atoms with Crippen LogP contribution >= 0.6 is 0 Å². The van der Waals surface area contributed by atoms with Gasteiger partial charge in [-0.2, -0.15) is 0 Å². The molecule has 7 rings (SSSR count). The maximum Gasteiger partial charge on any atom is 0.0541 e. The predicted octanol–water partition coefficient (Wildman–Crippen LogP) is 7.12. The van der Waals surface area contributed by atoms with Gasteiger partial charge >= 0.3 is 0 Å². The number of rotatable bonds is 4. The number of nitrogens with one attached hydrogen (secondary N) is 1. The molecule has 0 aliphatic carbocycles. The Hall–Kier alpha value is -4.44. The lowest BCUT2D eigenvalue weighted by molar-refractivity contribution is 0.815. The second kappa shape index (κ2) is 8.65. The predicted molar refractivity (Wildman–Crippen MR) is 149 cm³/mol. The summed E-state index contributed by atoms with van der Waals surface area (Å²) in [6, 6.07) is 26.9. The monoisotopic (exact) mass is 466 g/mol. The van der Waals surface area contributed by atoms with Crippen LogP contribution in [-0.2, 0) is 0 Å². The molecule has 4 heterocycles. The van der Waals surface area contributed by atoms with Gasteiger partial charge in [0.15, 0.2) is 0 Å². The van der Waals surface area contributed by atoms with Gasteiger partial charge in [-0.05, 0) is 83.4 Å². The van der Waals surface area contributed by atoms with Crippen LogP contribution in [0.2, 0.25) is 0 Å². The highest BCUT2D eigenvalue weighted by molar-refractivity contribution is 6.10. The standard InChI is InChI=1S/C32H26N4/c1-5-28(6-2-22(1)23-9-14-33-15-10-23)36-31-7-3-25(24-11-16-34-17-12-24)19-29(31)30-20-26(4-8-32(30)36)27-13-18-35-21-27/h1-11,13-20,24,27,35H,12,21H2. The van der Waals surface area contributed by atoms with E-state index in [9.17, 15) is 0 Å². The van der Waals surface area contributed by atoms with E-state index in [0.717, 1.165) is 13.0 Å². The van der Waals surface area contributed by atoms with Crippen LogP contribution in [0.5, 0.6) is 0 Å². The number of aliphatic imine (C=N–C) groups is 1. The molecule has 0 saturated carbocycles. The van der Waals surface area contributed by atoms with Crippen LogP contribution in [0.15, 0.2) is 115 Å². The number of fused-ring (bicyclic) bond motifs is 3. The third-order valence-corrected chi connectivity index (χ3v) is 7.46. The first kappa shape index (κ1) is 20.9. The number of hydrogen-bond donors (Lipinski definition) is 1. The van der Waals surface area contributed by atoms with Gasteiger partial charge < -0.3 is 9.88 Å². The molecule has 4 nitrogen and oxygen atoms in total. The van der Waals surface area contributed by atoms with Crippen molar-refractivity contribution in [2.24, 2.45) is 4.99 Å². The van der Waals surface area contributed by atoms with Gasteiger partial charge in [0.05, 0.1) is 11.0 Å². The van der Waals surface area contributed by atoms with Crippen LogP contribution in [0.3, 0.4) is 0 Å². The molecule has 2 aromatic heterocycles. The van der Waals surface area contributed by atoms with Gasteiger partial charge in [0, 0.05) is 59.6 Å². The minimum Gasteiger partial charge on any atom is -0.390 e.